The summed E-state index contributed by atoms with van der Waals surface area (Å²) in [6.45, 7) is 3.75. The lowest BCUT2D eigenvalue weighted by atomic mass is 9.77. The lowest BCUT2D eigenvalue weighted by Crippen LogP contribution is -2.35. The fraction of sp³-hybridized carbons (Fsp3) is 0.500. The number of carbonyl (C=O) groups is 1. The van der Waals surface area contributed by atoms with E-state index in [-0.39, 0.29) is 5.92 Å². The van der Waals surface area contributed by atoms with Crippen LogP contribution in [0.15, 0.2) is 18.2 Å². The van der Waals surface area contributed by atoms with Crippen LogP contribution in [-0.4, -0.2) is 18.2 Å². The molecule has 1 fully saturated rings. The van der Waals surface area contributed by atoms with Crippen LogP contribution in [-0.2, 0) is 10.2 Å². The van der Waals surface area contributed by atoms with Crippen molar-refractivity contribution in [3.05, 3.63) is 29.3 Å². The molecule has 1 N–H and O–H groups in total. The molecule has 0 spiro atoms. The lowest BCUT2D eigenvalue weighted by molar-refractivity contribution is -0.144. The van der Waals surface area contributed by atoms with E-state index in [1.807, 2.05) is 32.0 Å². The van der Waals surface area contributed by atoms with Crippen molar-refractivity contribution in [1.29, 1.82) is 0 Å². The first-order chi connectivity index (χ1) is 8.01. The van der Waals surface area contributed by atoms with Crippen LogP contribution >= 0.6 is 0 Å². The smallest absolute Gasteiger partial charge is 0.314 e. The van der Waals surface area contributed by atoms with Crippen LogP contribution in [0.3, 0.4) is 0 Å². The topological polar surface area (TPSA) is 46.5 Å². The molecule has 1 saturated carbocycles. The normalized spacial score (nSPS) is 18.5. The third-order valence-electron chi connectivity index (χ3n) is 3.81. The van der Waals surface area contributed by atoms with Crippen molar-refractivity contribution >= 4 is 5.97 Å². The monoisotopic (exact) mass is 234 g/mol. The molecule has 1 aliphatic carbocycles. The zero-order valence-electron chi connectivity index (χ0n) is 10.5. The number of ether oxygens (including phenoxy) is 1. The minimum Gasteiger partial charge on any atom is -0.496 e. The second-order valence-corrected chi connectivity index (χ2v) is 4.94. The predicted octanol–water partition coefficient (Wildman–Crippen LogP) is 2.76. The van der Waals surface area contributed by atoms with Gasteiger partial charge in [0.05, 0.1) is 12.5 Å². The molecule has 17 heavy (non-hydrogen) atoms. The molecule has 0 aliphatic heterocycles. The Morgan fingerprint density at radius 3 is 2.59 bits per heavy atom. The van der Waals surface area contributed by atoms with Crippen molar-refractivity contribution in [2.45, 2.75) is 32.1 Å². The zero-order chi connectivity index (χ0) is 12.6. The molecule has 0 radical (unpaired) electrons. The van der Waals surface area contributed by atoms with Crippen LogP contribution in [0.4, 0.5) is 0 Å². The Morgan fingerprint density at radius 2 is 2.12 bits per heavy atom. The first-order valence-corrected chi connectivity index (χ1v) is 5.89. The van der Waals surface area contributed by atoms with Gasteiger partial charge < -0.3 is 9.84 Å². The summed E-state index contributed by atoms with van der Waals surface area (Å²) >= 11 is 0. The highest BCUT2D eigenvalue weighted by molar-refractivity contribution is 5.83. The summed E-state index contributed by atoms with van der Waals surface area (Å²) in [6, 6.07) is 5.71. The SMILES string of the molecule is COc1c(C)cccc1C(C)(C(=O)O)C1CC1. The molecule has 2 rings (SSSR count). The Labute approximate surface area is 101 Å². The molecule has 3 heteroatoms. The van der Waals surface area contributed by atoms with Crippen LogP contribution in [0.25, 0.3) is 0 Å². The summed E-state index contributed by atoms with van der Waals surface area (Å²) in [7, 11) is 1.60. The second kappa shape index (κ2) is 4.06. The van der Waals surface area contributed by atoms with Crippen LogP contribution in [0.5, 0.6) is 5.75 Å². The van der Waals surface area contributed by atoms with Gasteiger partial charge in [-0.1, -0.05) is 18.2 Å². The molecule has 0 saturated heterocycles. The average molecular weight is 234 g/mol. The minimum atomic E-state index is -0.822. The van der Waals surface area contributed by atoms with Gasteiger partial charge in [0.1, 0.15) is 5.75 Å². The molecule has 92 valence electrons. The van der Waals surface area contributed by atoms with Crippen LogP contribution in [0.1, 0.15) is 30.9 Å². The molecule has 1 aromatic rings. The Balaban J connectivity index is 2.57. The molecular weight excluding hydrogens is 216 g/mol. The average Bonchev–Trinajstić information content (AvgIpc) is 3.11. The van der Waals surface area contributed by atoms with Crippen LogP contribution < -0.4 is 4.74 Å². The van der Waals surface area contributed by atoms with Gasteiger partial charge in [0.2, 0.25) is 0 Å². The number of aliphatic carboxylic acids is 1. The number of hydrogen-bond acceptors (Lipinski definition) is 2. The highest BCUT2D eigenvalue weighted by Gasteiger charge is 2.50. The van der Waals surface area contributed by atoms with Crippen LogP contribution in [0, 0.1) is 12.8 Å². The second-order valence-electron chi connectivity index (χ2n) is 4.94. The molecule has 0 amide bonds. The van der Waals surface area contributed by atoms with Gasteiger partial charge in [-0.3, -0.25) is 4.79 Å². The van der Waals surface area contributed by atoms with Gasteiger partial charge in [0, 0.05) is 5.56 Å². The van der Waals surface area contributed by atoms with Crippen molar-refractivity contribution in [3.63, 3.8) is 0 Å². The highest BCUT2D eigenvalue weighted by Crippen LogP contribution is 2.50. The van der Waals surface area contributed by atoms with E-state index in [9.17, 15) is 9.90 Å². The van der Waals surface area contributed by atoms with Gasteiger partial charge in [0.15, 0.2) is 0 Å². The standard InChI is InChI=1S/C14H18O3/c1-9-5-4-6-11(12(9)17-3)14(2,13(15)16)10-7-8-10/h4-6,10H,7-8H2,1-3H3,(H,15,16). The van der Waals surface area contributed by atoms with E-state index in [1.54, 1.807) is 7.11 Å². The Morgan fingerprint density at radius 1 is 1.47 bits per heavy atom. The molecule has 1 aromatic carbocycles. The number of carboxylic acid groups (broad SMARTS) is 1. The zero-order valence-corrected chi connectivity index (χ0v) is 10.5. The molecule has 0 bridgehead atoms. The van der Waals surface area contributed by atoms with Crippen molar-refractivity contribution < 1.29 is 14.6 Å². The summed E-state index contributed by atoms with van der Waals surface area (Å²) in [6.07, 6.45) is 1.97. The van der Waals surface area contributed by atoms with E-state index in [2.05, 4.69) is 0 Å². The number of hydrogen-bond donors (Lipinski definition) is 1. The maximum Gasteiger partial charge on any atom is 0.314 e. The van der Waals surface area contributed by atoms with Gasteiger partial charge in [-0.25, -0.2) is 0 Å². The summed E-state index contributed by atoms with van der Waals surface area (Å²) in [5.41, 5.74) is 0.963. The summed E-state index contributed by atoms with van der Waals surface area (Å²) in [5, 5.41) is 9.55. The first kappa shape index (κ1) is 12.0. The van der Waals surface area contributed by atoms with Crippen molar-refractivity contribution in [2.24, 2.45) is 5.92 Å². The Kier molecular flexibility index (Phi) is 2.86. The molecular formula is C14H18O3. The van der Waals surface area contributed by atoms with Crippen molar-refractivity contribution in [2.75, 3.05) is 7.11 Å². The molecule has 0 aromatic heterocycles. The Hall–Kier alpha value is -1.51. The molecule has 1 atom stereocenters. The predicted molar refractivity (Wildman–Crippen MR) is 65.4 cm³/mol. The summed E-state index contributed by atoms with van der Waals surface area (Å²) in [4.78, 5) is 11.6. The van der Waals surface area contributed by atoms with E-state index >= 15 is 0 Å². The van der Waals surface area contributed by atoms with Gasteiger partial charge in [-0.2, -0.15) is 0 Å². The number of para-hydroxylation sites is 1. The summed E-state index contributed by atoms with van der Waals surface area (Å²) in [5.74, 6) is 0.184. The maximum absolute atomic E-state index is 11.6. The van der Waals surface area contributed by atoms with E-state index in [0.717, 1.165) is 24.0 Å². The molecule has 1 aliphatic rings. The van der Waals surface area contributed by atoms with Gasteiger partial charge in [-0.15, -0.1) is 0 Å². The van der Waals surface area contributed by atoms with Crippen molar-refractivity contribution in [3.8, 4) is 5.75 Å². The lowest BCUT2D eigenvalue weighted by Gasteiger charge is -2.27. The van der Waals surface area contributed by atoms with Crippen molar-refractivity contribution in [1.82, 2.24) is 0 Å². The molecule has 3 nitrogen and oxygen atoms in total. The minimum absolute atomic E-state index is 0.232. The highest BCUT2D eigenvalue weighted by atomic mass is 16.5. The largest absolute Gasteiger partial charge is 0.496 e. The number of carboxylic acids is 1. The van der Waals surface area contributed by atoms with E-state index < -0.39 is 11.4 Å². The first-order valence-electron chi connectivity index (χ1n) is 5.89. The third-order valence-corrected chi connectivity index (χ3v) is 3.81. The van der Waals surface area contributed by atoms with E-state index in [0.29, 0.717) is 5.75 Å². The maximum atomic E-state index is 11.6. The van der Waals surface area contributed by atoms with Gasteiger partial charge in [-0.05, 0) is 38.2 Å². The summed E-state index contributed by atoms with van der Waals surface area (Å²) < 4.78 is 5.39. The molecule has 1 unspecified atom stereocenters. The number of methoxy groups -OCH3 is 1. The number of benzene rings is 1. The number of aryl methyl sites for hydroxylation is 1. The number of rotatable bonds is 4. The fourth-order valence-corrected chi connectivity index (χ4v) is 2.50. The van der Waals surface area contributed by atoms with E-state index in [1.165, 1.54) is 0 Å². The third kappa shape index (κ3) is 1.79. The molecule has 0 heterocycles. The van der Waals surface area contributed by atoms with Gasteiger partial charge >= 0.3 is 5.97 Å². The fourth-order valence-electron chi connectivity index (χ4n) is 2.50. The quantitative estimate of drug-likeness (QED) is 0.871. The van der Waals surface area contributed by atoms with Crippen LogP contribution in [0.2, 0.25) is 0 Å². The Bertz CT molecular complexity index is 449. The van der Waals surface area contributed by atoms with E-state index in [4.69, 9.17) is 4.74 Å². The van der Waals surface area contributed by atoms with Gasteiger partial charge in [0.25, 0.3) is 0 Å².